The maximum atomic E-state index is 13.7. The molecular weight excluding hydrogens is 535 g/mol. The largest absolute Gasteiger partial charge is 0.493 e. The maximum Gasteiger partial charge on any atom is 0.471 e. The van der Waals surface area contributed by atoms with E-state index in [2.05, 4.69) is 15.6 Å². The van der Waals surface area contributed by atoms with Crippen molar-refractivity contribution in [2.45, 2.75) is 65.3 Å². The van der Waals surface area contributed by atoms with Gasteiger partial charge in [-0.15, -0.1) is 0 Å². The van der Waals surface area contributed by atoms with E-state index in [4.69, 9.17) is 0 Å². The molecule has 2 fully saturated rings. The number of nitrogens with one attached hydrogen (secondary N) is 3. The van der Waals surface area contributed by atoms with E-state index in [0.717, 1.165) is 4.90 Å². The third kappa shape index (κ3) is 6.04. The lowest BCUT2D eigenvalue weighted by Gasteiger charge is -2.38. The van der Waals surface area contributed by atoms with Gasteiger partial charge in [0.25, 0.3) is 5.91 Å². The Morgan fingerprint density at radius 2 is 1.77 bits per heavy atom. The second kappa shape index (κ2) is 10.7. The van der Waals surface area contributed by atoms with E-state index >= 15 is 0 Å². The summed E-state index contributed by atoms with van der Waals surface area (Å²) in [6.07, 6.45) is -4.20. The van der Waals surface area contributed by atoms with Gasteiger partial charge in [0.05, 0.1) is 0 Å². The fourth-order valence-electron chi connectivity index (χ4n) is 5.40. The molecule has 4 amide bonds. The molecule has 2 aliphatic rings. The van der Waals surface area contributed by atoms with Crippen molar-refractivity contribution in [2.24, 2.45) is 22.7 Å². The third-order valence-electron chi connectivity index (χ3n) is 7.78. The van der Waals surface area contributed by atoms with Crippen molar-refractivity contribution in [2.75, 3.05) is 13.6 Å². The zero-order valence-corrected chi connectivity index (χ0v) is 23.0. The number of likely N-dealkylation sites (tertiary alicyclic amines) is 1. The van der Waals surface area contributed by atoms with Gasteiger partial charge < -0.3 is 26.0 Å². The van der Waals surface area contributed by atoms with Gasteiger partial charge in [-0.25, -0.2) is 4.98 Å². The minimum Gasteiger partial charge on any atom is -0.493 e. The number of alkyl halides is 3. The summed E-state index contributed by atoms with van der Waals surface area (Å²) in [5, 5.41) is 16.6. The molecule has 0 bridgehead atoms. The van der Waals surface area contributed by atoms with Gasteiger partial charge in [-0.3, -0.25) is 24.0 Å². The number of amides is 4. The Hall–Kier alpha value is -3.71. The second-order valence-electron chi connectivity index (χ2n) is 11.9. The van der Waals surface area contributed by atoms with E-state index in [1.807, 2.05) is 13.8 Å². The standard InChI is InChI=1S/C26H34F3N5O6/c1-24(2,3)18(33-23(40)26(27,28)29)22(39)34-11-13-15(25(13,4)5)16(34)20(37)32-14(17(35)21(38)30-6)10-12-8-7-9-31-19(12)36/h7-9,13-16,18H,10-11H2,1-6H3,(H,30,38)(H,31,36)(H,32,37)(H,33,40)/t13-,14-,15-,16-,18+/m0/s1. The number of carbonyl (C=O) groups excluding carboxylic acids is 5. The Kier molecular flexibility index (Phi) is 8.24. The number of ketones is 1. The Labute approximate surface area is 229 Å². The summed E-state index contributed by atoms with van der Waals surface area (Å²) in [7, 11) is 1.23. The molecule has 1 aliphatic carbocycles. The number of halogens is 3. The number of nitrogens with zero attached hydrogens (tertiary/aromatic N) is 2. The van der Waals surface area contributed by atoms with E-state index in [1.165, 1.54) is 46.1 Å². The van der Waals surface area contributed by atoms with Gasteiger partial charge in [-0.05, 0) is 28.7 Å². The minimum atomic E-state index is -5.22. The van der Waals surface area contributed by atoms with Crippen LogP contribution in [0.4, 0.5) is 13.2 Å². The Morgan fingerprint density at radius 3 is 2.30 bits per heavy atom. The smallest absolute Gasteiger partial charge is 0.471 e. The van der Waals surface area contributed by atoms with E-state index in [-0.39, 0.29) is 35.8 Å². The van der Waals surface area contributed by atoms with Gasteiger partial charge >= 0.3 is 12.1 Å². The van der Waals surface area contributed by atoms with Crippen LogP contribution in [0.25, 0.3) is 0 Å². The first kappa shape index (κ1) is 30.8. The number of carbonyl (C=O) groups is 5. The van der Waals surface area contributed by atoms with Crippen LogP contribution in [0.3, 0.4) is 0 Å². The highest BCUT2D eigenvalue weighted by atomic mass is 19.4. The lowest BCUT2D eigenvalue weighted by Crippen LogP contribution is -2.61. The molecule has 2 heterocycles. The van der Waals surface area contributed by atoms with Crippen LogP contribution in [0.5, 0.6) is 5.88 Å². The summed E-state index contributed by atoms with van der Waals surface area (Å²) < 4.78 is 39.1. The van der Waals surface area contributed by atoms with Gasteiger partial charge in [0.15, 0.2) is 0 Å². The number of hydrogen-bond acceptors (Lipinski definition) is 7. The molecule has 3 rings (SSSR count). The summed E-state index contributed by atoms with van der Waals surface area (Å²) in [5.74, 6) is -6.87. The van der Waals surface area contributed by atoms with Crippen LogP contribution in [0.15, 0.2) is 18.3 Å². The summed E-state index contributed by atoms with van der Waals surface area (Å²) in [4.78, 5) is 69.0. The fraction of sp³-hybridized carbons (Fsp3) is 0.615. The first-order valence-electron chi connectivity index (χ1n) is 12.7. The van der Waals surface area contributed by atoms with E-state index in [0.29, 0.717) is 0 Å². The molecule has 14 heteroatoms. The number of hydrogen-bond donors (Lipinski definition) is 4. The SMILES string of the molecule is CNC(=O)C(=O)[C@H](Cc1cccnc1O)NC(=O)[C@@H]1[C@@H]2[C@H](CN1C(=O)[C@@H](NC(=O)C(F)(F)F)C(C)(C)C)C2(C)C. The van der Waals surface area contributed by atoms with Gasteiger partial charge in [-0.2, -0.15) is 13.2 Å². The zero-order chi connectivity index (χ0) is 30.4. The monoisotopic (exact) mass is 569 g/mol. The van der Waals surface area contributed by atoms with E-state index in [9.17, 15) is 42.3 Å². The predicted octanol–water partition coefficient (Wildman–Crippen LogP) is 0.706. The molecule has 11 nitrogen and oxygen atoms in total. The molecule has 1 saturated heterocycles. The average molecular weight is 570 g/mol. The van der Waals surface area contributed by atoms with Gasteiger partial charge in [0.2, 0.25) is 23.5 Å². The molecule has 0 spiro atoms. The normalized spacial score (nSPS) is 22.9. The van der Waals surface area contributed by atoms with Crippen LogP contribution in [0.1, 0.15) is 40.2 Å². The molecule has 0 radical (unpaired) electrons. The van der Waals surface area contributed by atoms with Crippen molar-refractivity contribution in [1.29, 1.82) is 0 Å². The lowest BCUT2D eigenvalue weighted by atomic mass is 9.85. The third-order valence-corrected chi connectivity index (χ3v) is 7.78. The first-order valence-corrected chi connectivity index (χ1v) is 12.7. The van der Waals surface area contributed by atoms with Crippen molar-refractivity contribution < 1.29 is 42.3 Å². The Balaban J connectivity index is 1.93. The van der Waals surface area contributed by atoms with Gasteiger partial charge in [0, 0.05) is 31.8 Å². The van der Waals surface area contributed by atoms with E-state index in [1.54, 1.807) is 5.32 Å². The minimum absolute atomic E-state index is 0.0561. The summed E-state index contributed by atoms with van der Waals surface area (Å²) >= 11 is 0. The highest BCUT2D eigenvalue weighted by molar-refractivity contribution is 6.38. The van der Waals surface area contributed by atoms with Crippen molar-refractivity contribution in [3.05, 3.63) is 23.9 Å². The molecule has 1 aromatic rings. The molecule has 5 atom stereocenters. The number of aromatic nitrogens is 1. The van der Waals surface area contributed by atoms with Crippen molar-refractivity contribution in [3.8, 4) is 5.88 Å². The molecule has 40 heavy (non-hydrogen) atoms. The summed E-state index contributed by atoms with van der Waals surface area (Å²) in [5.41, 5.74) is -1.35. The van der Waals surface area contributed by atoms with Gasteiger partial charge in [0.1, 0.15) is 18.1 Å². The Bertz CT molecular complexity index is 1210. The van der Waals surface area contributed by atoms with Crippen molar-refractivity contribution in [3.63, 3.8) is 0 Å². The highest BCUT2D eigenvalue weighted by Crippen LogP contribution is 2.65. The lowest BCUT2D eigenvalue weighted by molar-refractivity contribution is -0.176. The molecule has 1 saturated carbocycles. The molecule has 220 valence electrons. The van der Waals surface area contributed by atoms with Crippen LogP contribution in [-0.4, -0.2) is 82.3 Å². The number of aromatic hydroxyl groups is 1. The average Bonchev–Trinajstić information content (AvgIpc) is 3.17. The number of likely N-dealkylation sites (N-methyl/N-ethyl adjacent to an activating group) is 1. The fourth-order valence-corrected chi connectivity index (χ4v) is 5.40. The molecule has 1 aliphatic heterocycles. The van der Waals surface area contributed by atoms with Crippen LogP contribution in [0.2, 0.25) is 0 Å². The van der Waals surface area contributed by atoms with Gasteiger partial charge in [-0.1, -0.05) is 40.7 Å². The van der Waals surface area contributed by atoms with Crippen molar-refractivity contribution >= 4 is 29.4 Å². The molecule has 4 N–H and O–H groups in total. The van der Waals surface area contributed by atoms with Crippen LogP contribution < -0.4 is 16.0 Å². The van der Waals surface area contributed by atoms with Crippen molar-refractivity contribution in [1.82, 2.24) is 25.8 Å². The molecule has 1 aromatic heterocycles. The molecular formula is C26H34F3N5O6. The van der Waals surface area contributed by atoms with Crippen LogP contribution in [0, 0.1) is 22.7 Å². The maximum absolute atomic E-state index is 13.7. The first-order chi connectivity index (χ1) is 18.3. The van der Waals surface area contributed by atoms with Crippen LogP contribution >= 0.6 is 0 Å². The zero-order valence-electron chi connectivity index (χ0n) is 23.0. The Morgan fingerprint density at radius 1 is 1.15 bits per heavy atom. The highest BCUT2D eigenvalue weighted by Gasteiger charge is 2.70. The van der Waals surface area contributed by atoms with E-state index < -0.39 is 65.0 Å². The number of piperidine rings is 1. The second-order valence-corrected chi connectivity index (χ2v) is 11.9. The number of fused-ring (bicyclic) bond motifs is 1. The topological polar surface area (TPSA) is 158 Å². The summed E-state index contributed by atoms with van der Waals surface area (Å²) in [6.45, 7) is 8.29. The quantitative estimate of drug-likeness (QED) is 0.336. The number of rotatable bonds is 8. The molecule has 0 unspecified atom stereocenters. The molecule has 0 aromatic carbocycles. The summed E-state index contributed by atoms with van der Waals surface area (Å²) in [6, 6.07) is -1.27. The number of Topliss-reactive ketones (excluding diaryl/α,β-unsaturated/α-hetero) is 1. The predicted molar refractivity (Wildman–Crippen MR) is 134 cm³/mol. The number of pyridine rings is 1. The van der Waals surface area contributed by atoms with Crippen LogP contribution in [-0.2, 0) is 30.4 Å².